The van der Waals surface area contributed by atoms with Gasteiger partial charge in [-0.25, -0.2) is 9.82 Å². The van der Waals surface area contributed by atoms with Gasteiger partial charge in [-0.2, -0.15) is 5.10 Å². The van der Waals surface area contributed by atoms with E-state index in [2.05, 4.69) is 10.5 Å². The molecule has 0 radical (unpaired) electrons. The maximum Gasteiger partial charge on any atom is 0.271 e. The first-order valence-corrected chi connectivity index (χ1v) is 11.8. The second kappa shape index (κ2) is 12.0. The van der Waals surface area contributed by atoms with Crippen LogP contribution in [0.25, 0.3) is 0 Å². The molecule has 0 saturated carbocycles. The smallest absolute Gasteiger partial charge is 0.271 e. The highest BCUT2D eigenvalue weighted by Gasteiger charge is 2.18. The number of nitrogens with one attached hydrogen (secondary N) is 1. The molecule has 1 fully saturated rings. The maximum absolute atomic E-state index is 13.3. The first-order chi connectivity index (χ1) is 17.5. The Labute approximate surface area is 209 Å². The van der Waals surface area contributed by atoms with Crippen molar-refractivity contribution in [1.29, 1.82) is 0 Å². The van der Waals surface area contributed by atoms with Crippen molar-refractivity contribution in [3.05, 3.63) is 94.8 Å². The summed E-state index contributed by atoms with van der Waals surface area (Å²) in [6.07, 6.45) is 4.77. The van der Waals surface area contributed by atoms with Gasteiger partial charge in [0.1, 0.15) is 12.4 Å². The molecule has 7 nitrogen and oxygen atoms in total. The van der Waals surface area contributed by atoms with Gasteiger partial charge in [0.25, 0.3) is 11.8 Å². The predicted octanol–water partition coefficient (Wildman–Crippen LogP) is 4.80. The number of amides is 2. The van der Waals surface area contributed by atoms with Gasteiger partial charge in [0.15, 0.2) is 11.5 Å². The third-order valence-electron chi connectivity index (χ3n) is 5.89. The van der Waals surface area contributed by atoms with E-state index in [0.29, 0.717) is 29.2 Å². The fourth-order valence-corrected chi connectivity index (χ4v) is 3.93. The van der Waals surface area contributed by atoms with Gasteiger partial charge in [-0.15, -0.1) is 0 Å². The Bertz CT molecular complexity index is 1240. The summed E-state index contributed by atoms with van der Waals surface area (Å²) in [6.45, 7) is 1.96. The molecule has 1 aliphatic heterocycles. The molecule has 3 aromatic rings. The van der Waals surface area contributed by atoms with Crippen molar-refractivity contribution in [1.82, 2.24) is 10.3 Å². The normalized spacial score (nSPS) is 13.4. The fraction of sp³-hybridized carbons (Fsp3) is 0.250. The van der Waals surface area contributed by atoms with E-state index >= 15 is 0 Å². The topological polar surface area (TPSA) is 80.2 Å². The van der Waals surface area contributed by atoms with Crippen LogP contribution in [0.4, 0.5) is 4.39 Å². The molecule has 0 spiro atoms. The van der Waals surface area contributed by atoms with Crippen LogP contribution in [-0.2, 0) is 6.61 Å². The summed E-state index contributed by atoms with van der Waals surface area (Å²) in [5.41, 5.74) is 4.84. The molecule has 0 atom stereocenters. The van der Waals surface area contributed by atoms with Crippen LogP contribution in [-0.4, -0.2) is 43.1 Å². The van der Waals surface area contributed by atoms with Gasteiger partial charge in [0, 0.05) is 24.2 Å². The predicted molar refractivity (Wildman–Crippen MR) is 135 cm³/mol. The quantitative estimate of drug-likeness (QED) is 0.364. The number of carbonyl (C=O) groups excluding carboxylic acids is 2. The minimum Gasteiger partial charge on any atom is -0.493 e. The van der Waals surface area contributed by atoms with Gasteiger partial charge < -0.3 is 14.4 Å². The maximum atomic E-state index is 13.3. The number of likely N-dealkylation sites (tertiary alicyclic amines) is 1. The number of carbonyl (C=O) groups is 2. The molecular weight excluding hydrogens is 461 g/mol. The van der Waals surface area contributed by atoms with Crippen molar-refractivity contribution >= 4 is 18.0 Å². The standard InChI is InChI=1S/C28H28FN3O4/c1-35-26-16-21(18-30-31-27(33)23-6-5-7-24(29)17-23)10-13-25(26)36-19-20-8-11-22(12-9-20)28(34)32-14-3-2-4-15-32/h5-13,16-18H,2-4,14-15,19H2,1H3,(H,31,33)/b30-18-. The van der Waals surface area contributed by atoms with E-state index in [-0.39, 0.29) is 11.5 Å². The third-order valence-corrected chi connectivity index (χ3v) is 5.89. The lowest BCUT2D eigenvalue weighted by Gasteiger charge is -2.26. The van der Waals surface area contributed by atoms with E-state index in [1.807, 2.05) is 29.2 Å². The molecule has 0 unspecified atom stereocenters. The van der Waals surface area contributed by atoms with Crippen molar-refractivity contribution in [2.24, 2.45) is 5.10 Å². The molecule has 8 heteroatoms. The molecule has 1 aliphatic rings. The zero-order valence-corrected chi connectivity index (χ0v) is 20.1. The molecule has 1 heterocycles. The summed E-state index contributed by atoms with van der Waals surface area (Å²) in [4.78, 5) is 26.6. The fourth-order valence-electron chi connectivity index (χ4n) is 3.93. The Hall–Kier alpha value is -4.20. The first kappa shape index (κ1) is 24.9. The molecule has 0 aliphatic carbocycles. The zero-order valence-electron chi connectivity index (χ0n) is 20.1. The molecule has 3 aromatic carbocycles. The summed E-state index contributed by atoms with van der Waals surface area (Å²) >= 11 is 0. The molecule has 186 valence electrons. The SMILES string of the molecule is COc1cc(/C=N\NC(=O)c2cccc(F)c2)ccc1OCc1ccc(C(=O)N2CCCCC2)cc1. The summed E-state index contributed by atoms with van der Waals surface area (Å²) < 4.78 is 24.6. The number of hydrogen-bond acceptors (Lipinski definition) is 5. The Balaban J connectivity index is 1.33. The van der Waals surface area contributed by atoms with Crippen LogP contribution < -0.4 is 14.9 Å². The first-order valence-electron chi connectivity index (χ1n) is 11.8. The highest BCUT2D eigenvalue weighted by molar-refractivity contribution is 5.95. The number of hydrogen-bond donors (Lipinski definition) is 1. The largest absolute Gasteiger partial charge is 0.493 e. The van der Waals surface area contributed by atoms with Crippen LogP contribution in [0.3, 0.4) is 0 Å². The Morgan fingerprint density at radius 1 is 0.972 bits per heavy atom. The van der Waals surface area contributed by atoms with E-state index in [4.69, 9.17) is 9.47 Å². The van der Waals surface area contributed by atoms with Crippen LogP contribution in [0.2, 0.25) is 0 Å². The van der Waals surface area contributed by atoms with E-state index in [9.17, 15) is 14.0 Å². The molecular formula is C28H28FN3O4. The van der Waals surface area contributed by atoms with Gasteiger partial charge in [-0.05, 0) is 78.9 Å². The van der Waals surface area contributed by atoms with E-state index in [0.717, 1.165) is 37.6 Å². The molecule has 2 amide bonds. The van der Waals surface area contributed by atoms with Crippen LogP contribution in [0.15, 0.2) is 71.8 Å². The van der Waals surface area contributed by atoms with Crippen molar-refractivity contribution in [2.45, 2.75) is 25.9 Å². The van der Waals surface area contributed by atoms with E-state index < -0.39 is 11.7 Å². The van der Waals surface area contributed by atoms with Crippen molar-refractivity contribution in [3.8, 4) is 11.5 Å². The number of nitrogens with zero attached hydrogens (tertiary/aromatic N) is 2. The van der Waals surface area contributed by atoms with Gasteiger partial charge in [0.05, 0.1) is 13.3 Å². The Kier molecular flexibility index (Phi) is 8.28. The number of benzene rings is 3. The lowest BCUT2D eigenvalue weighted by Crippen LogP contribution is -2.35. The Morgan fingerprint density at radius 3 is 2.47 bits per heavy atom. The molecule has 0 bridgehead atoms. The summed E-state index contributed by atoms with van der Waals surface area (Å²) in [5, 5.41) is 3.93. The number of hydrazone groups is 1. The lowest BCUT2D eigenvalue weighted by atomic mass is 10.1. The second-order valence-corrected chi connectivity index (χ2v) is 8.46. The monoisotopic (exact) mass is 489 g/mol. The zero-order chi connectivity index (χ0) is 25.3. The number of piperidine rings is 1. The molecule has 4 rings (SSSR count). The third kappa shape index (κ3) is 6.47. The minimum atomic E-state index is -0.513. The average molecular weight is 490 g/mol. The van der Waals surface area contributed by atoms with Gasteiger partial charge in [-0.1, -0.05) is 18.2 Å². The highest BCUT2D eigenvalue weighted by Crippen LogP contribution is 2.28. The van der Waals surface area contributed by atoms with Gasteiger partial charge >= 0.3 is 0 Å². The summed E-state index contributed by atoms with van der Waals surface area (Å²) in [5.74, 6) is 0.127. The molecule has 0 aromatic heterocycles. The van der Waals surface area contributed by atoms with Crippen LogP contribution >= 0.6 is 0 Å². The number of halogens is 1. The number of methoxy groups -OCH3 is 1. The molecule has 1 N–H and O–H groups in total. The van der Waals surface area contributed by atoms with Crippen LogP contribution in [0.1, 0.15) is 51.1 Å². The molecule has 1 saturated heterocycles. The van der Waals surface area contributed by atoms with Crippen LogP contribution in [0, 0.1) is 5.82 Å². The Morgan fingerprint density at radius 2 is 1.75 bits per heavy atom. The second-order valence-electron chi connectivity index (χ2n) is 8.46. The number of ether oxygens (including phenoxy) is 2. The van der Waals surface area contributed by atoms with Crippen molar-refractivity contribution in [3.63, 3.8) is 0 Å². The summed E-state index contributed by atoms with van der Waals surface area (Å²) in [7, 11) is 1.54. The highest BCUT2D eigenvalue weighted by atomic mass is 19.1. The van der Waals surface area contributed by atoms with Crippen molar-refractivity contribution in [2.75, 3.05) is 20.2 Å². The van der Waals surface area contributed by atoms with Gasteiger partial charge in [-0.3, -0.25) is 9.59 Å². The minimum absolute atomic E-state index is 0.0770. The van der Waals surface area contributed by atoms with E-state index in [1.165, 1.54) is 37.9 Å². The summed E-state index contributed by atoms with van der Waals surface area (Å²) in [6, 6.07) is 18.1. The van der Waals surface area contributed by atoms with Crippen molar-refractivity contribution < 1.29 is 23.5 Å². The number of rotatable bonds is 8. The molecule has 36 heavy (non-hydrogen) atoms. The van der Waals surface area contributed by atoms with Crippen LogP contribution in [0.5, 0.6) is 11.5 Å². The van der Waals surface area contributed by atoms with Gasteiger partial charge in [0.2, 0.25) is 0 Å². The lowest BCUT2D eigenvalue weighted by molar-refractivity contribution is 0.0724. The van der Waals surface area contributed by atoms with E-state index in [1.54, 1.807) is 18.2 Å². The average Bonchev–Trinajstić information content (AvgIpc) is 2.92.